The van der Waals surface area contributed by atoms with Gasteiger partial charge in [-0.3, -0.25) is 15.6 Å². The zero-order valence-electron chi connectivity index (χ0n) is 16.6. The molecule has 7 N–H and O–H groups in total. The zero-order valence-corrected chi connectivity index (χ0v) is 16.6. The van der Waals surface area contributed by atoms with Crippen molar-refractivity contribution in [2.24, 2.45) is 5.73 Å². The van der Waals surface area contributed by atoms with Crippen LogP contribution in [0.1, 0.15) is 18.9 Å². The van der Waals surface area contributed by atoms with Crippen LogP contribution >= 0.6 is 0 Å². The van der Waals surface area contributed by atoms with Gasteiger partial charge in [-0.05, 0) is 12.5 Å². The fourth-order valence-corrected chi connectivity index (χ4v) is 2.42. The van der Waals surface area contributed by atoms with Crippen molar-refractivity contribution < 1.29 is 9.53 Å². The third-order valence-electron chi connectivity index (χ3n) is 3.66. The van der Waals surface area contributed by atoms with Crippen LogP contribution in [0.5, 0.6) is 5.75 Å². The first-order chi connectivity index (χ1) is 13.4. The number of hydrogen-bond donors (Lipinski definition) is 6. The molecule has 1 aromatic rings. The molecule has 8 nitrogen and oxygen atoms in total. The first kappa shape index (κ1) is 22.5. The summed E-state index contributed by atoms with van der Waals surface area (Å²) in [7, 11) is 4.79. The Morgan fingerprint density at radius 3 is 2.54 bits per heavy atom. The lowest BCUT2D eigenvalue weighted by Gasteiger charge is -2.18. The third-order valence-corrected chi connectivity index (χ3v) is 3.66. The van der Waals surface area contributed by atoms with Crippen LogP contribution in [-0.4, -0.2) is 38.7 Å². The van der Waals surface area contributed by atoms with Crippen molar-refractivity contribution in [3.63, 3.8) is 0 Å². The summed E-state index contributed by atoms with van der Waals surface area (Å²) in [5.41, 5.74) is 7.45. The fourth-order valence-electron chi connectivity index (χ4n) is 2.42. The van der Waals surface area contributed by atoms with E-state index in [1.54, 1.807) is 13.2 Å². The maximum atomic E-state index is 11.9. The Bertz CT molecular complexity index is 824. The highest BCUT2D eigenvalue weighted by atomic mass is 16.5. The molecule has 0 radical (unpaired) electrons. The number of amides is 1. The van der Waals surface area contributed by atoms with Crippen LogP contribution in [0.2, 0.25) is 0 Å². The molecule has 28 heavy (non-hydrogen) atoms. The second-order valence-corrected chi connectivity index (χ2v) is 5.68. The summed E-state index contributed by atoms with van der Waals surface area (Å²) < 4.78 is 5.61. The van der Waals surface area contributed by atoms with Gasteiger partial charge in [-0.2, -0.15) is 0 Å². The minimum absolute atomic E-state index is 0.0885. The van der Waals surface area contributed by atoms with Crippen molar-refractivity contribution in [1.29, 1.82) is 10.8 Å². The normalized spacial score (nSPS) is 11.9. The average Bonchev–Trinajstić information content (AvgIpc) is 2.68. The molecule has 0 aliphatic heterocycles. The van der Waals surface area contributed by atoms with Gasteiger partial charge in [0, 0.05) is 37.5 Å². The van der Waals surface area contributed by atoms with Crippen molar-refractivity contribution >= 4 is 28.7 Å². The molecule has 0 fully saturated rings. The van der Waals surface area contributed by atoms with E-state index in [1.165, 1.54) is 13.1 Å². The van der Waals surface area contributed by atoms with Gasteiger partial charge in [-0.15, -0.1) is 0 Å². The number of hydrogen-bond acceptors (Lipinski definition) is 6. The Hall–Kier alpha value is -3.55. The minimum Gasteiger partial charge on any atom is -0.494 e. The van der Waals surface area contributed by atoms with E-state index in [0.29, 0.717) is 11.4 Å². The van der Waals surface area contributed by atoms with Gasteiger partial charge in [0.05, 0.1) is 18.5 Å². The summed E-state index contributed by atoms with van der Waals surface area (Å²) in [5.74, 6) is -0.353. The number of ether oxygens (including phenoxy) is 1. The largest absolute Gasteiger partial charge is 0.494 e. The van der Waals surface area contributed by atoms with Crippen molar-refractivity contribution in [3.05, 3.63) is 53.9 Å². The topological polar surface area (TPSA) is 136 Å². The summed E-state index contributed by atoms with van der Waals surface area (Å²) in [6.45, 7) is 2.05. The second kappa shape index (κ2) is 11.2. The molecule has 1 aromatic carbocycles. The van der Waals surface area contributed by atoms with Gasteiger partial charge in [0.25, 0.3) is 5.91 Å². The van der Waals surface area contributed by atoms with Crippen LogP contribution in [0, 0.1) is 10.8 Å². The van der Waals surface area contributed by atoms with Gasteiger partial charge in [-0.25, -0.2) is 0 Å². The number of amidine groups is 1. The Morgan fingerprint density at radius 1 is 1.29 bits per heavy atom. The Kier molecular flexibility index (Phi) is 9.02. The molecule has 0 aromatic heterocycles. The SMILES string of the molecule is CC/C=C\C(=C/NC)c1cccc(N/C(=C/C(=N)N)C(=N)C(=O)NC)c1OC. The van der Waals surface area contributed by atoms with Gasteiger partial charge in [-0.1, -0.05) is 31.2 Å². The number of carbonyl (C=O) groups excluding carboxylic acids is 1. The Balaban J connectivity index is 3.46. The van der Waals surface area contributed by atoms with Crippen LogP contribution in [0.25, 0.3) is 5.57 Å². The lowest BCUT2D eigenvalue weighted by Crippen LogP contribution is -2.31. The maximum absolute atomic E-state index is 11.9. The number of carbonyl (C=O) groups is 1. The molecule has 0 heterocycles. The number of nitrogens with two attached hydrogens (primary N) is 1. The lowest BCUT2D eigenvalue weighted by atomic mass is 10.0. The number of benzene rings is 1. The number of allylic oxidation sites excluding steroid dienone is 3. The number of para-hydroxylation sites is 1. The molecular weight excluding hydrogens is 356 g/mol. The van der Waals surface area contributed by atoms with Gasteiger partial charge in [0.15, 0.2) is 0 Å². The minimum atomic E-state index is -0.600. The number of rotatable bonds is 10. The molecule has 0 saturated carbocycles. The predicted octanol–water partition coefficient (Wildman–Crippen LogP) is 2.22. The molecule has 0 aliphatic rings. The Labute approximate surface area is 165 Å². The molecule has 0 unspecified atom stereocenters. The van der Waals surface area contributed by atoms with Crippen molar-refractivity contribution in [1.82, 2.24) is 10.6 Å². The van der Waals surface area contributed by atoms with E-state index >= 15 is 0 Å². The summed E-state index contributed by atoms with van der Waals surface area (Å²) in [5, 5.41) is 24.0. The fraction of sp³-hybridized carbons (Fsp3) is 0.250. The summed E-state index contributed by atoms with van der Waals surface area (Å²) in [4.78, 5) is 11.9. The molecule has 8 heteroatoms. The monoisotopic (exact) mass is 384 g/mol. The average molecular weight is 384 g/mol. The molecule has 1 amide bonds. The Morgan fingerprint density at radius 2 is 2.00 bits per heavy atom. The van der Waals surface area contributed by atoms with Gasteiger partial charge >= 0.3 is 0 Å². The second-order valence-electron chi connectivity index (χ2n) is 5.68. The van der Waals surface area contributed by atoms with Gasteiger partial charge < -0.3 is 26.4 Å². The first-order valence-corrected chi connectivity index (χ1v) is 8.74. The smallest absolute Gasteiger partial charge is 0.271 e. The van der Waals surface area contributed by atoms with Gasteiger partial charge in [0.2, 0.25) is 0 Å². The molecule has 150 valence electrons. The molecule has 0 aliphatic carbocycles. The summed E-state index contributed by atoms with van der Waals surface area (Å²) in [6.07, 6.45) is 7.97. The number of nitrogens with one attached hydrogen (secondary N) is 5. The molecule has 1 rings (SSSR count). The van der Waals surface area contributed by atoms with Gasteiger partial charge in [0.1, 0.15) is 17.3 Å². The molecule has 0 spiro atoms. The van der Waals surface area contributed by atoms with Crippen LogP contribution in [-0.2, 0) is 4.79 Å². The van der Waals surface area contributed by atoms with E-state index in [-0.39, 0.29) is 17.2 Å². The third kappa shape index (κ3) is 6.01. The van der Waals surface area contributed by atoms with Crippen molar-refractivity contribution in [3.8, 4) is 5.75 Å². The van der Waals surface area contributed by atoms with E-state index in [1.807, 2.05) is 44.5 Å². The van der Waals surface area contributed by atoms with Crippen LogP contribution in [0.3, 0.4) is 0 Å². The number of anilines is 1. The van der Waals surface area contributed by atoms with E-state index in [0.717, 1.165) is 17.6 Å². The van der Waals surface area contributed by atoms with E-state index in [9.17, 15) is 4.79 Å². The zero-order chi connectivity index (χ0) is 21.1. The number of methoxy groups -OCH3 is 1. The molecule has 0 saturated heterocycles. The van der Waals surface area contributed by atoms with E-state index < -0.39 is 5.91 Å². The molecule has 0 bridgehead atoms. The highest BCUT2D eigenvalue weighted by Gasteiger charge is 2.17. The first-order valence-electron chi connectivity index (χ1n) is 8.74. The molecule has 0 atom stereocenters. The molecular formula is C20H28N6O2. The van der Waals surface area contributed by atoms with Crippen molar-refractivity contribution in [2.45, 2.75) is 13.3 Å². The summed E-state index contributed by atoms with van der Waals surface area (Å²) >= 11 is 0. The van der Waals surface area contributed by atoms with Crippen LogP contribution in [0.15, 0.2) is 48.3 Å². The van der Waals surface area contributed by atoms with Crippen LogP contribution in [0.4, 0.5) is 5.69 Å². The standard InChI is InChI=1S/C20H28N6O2/c1-5-6-8-13(12-24-2)14-9-7-10-15(19(14)28-4)26-16(11-17(21)22)18(23)20(27)25-3/h6-12,23-24,26H,5H2,1-4H3,(H3,21,22)(H,25,27)/b8-6-,13-12+,16-11+,23-18?. The van der Waals surface area contributed by atoms with Crippen molar-refractivity contribution in [2.75, 3.05) is 26.5 Å². The van der Waals surface area contributed by atoms with Crippen LogP contribution < -0.4 is 26.4 Å². The highest BCUT2D eigenvalue weighted by Crippen LogP contribution is 2.34. The quantitative estimate of drug-likeness (QED) is 0.209. The van der Waals surface area contributed by atoms with E-state index in [2.05, 4.69) is 16.0 Å². The predicted molar refractivity (Wildman–Crippen MR) is 115 cm³/mol. The highest BCUT2D eigenvalue weighted by molar-refractivity contribution is 6.45. The maximum Gasteiger partial charge on any atom is 0.271 e. The summed E-state index contributed by atoms with van der Waals surface area (Å²) in [6, 6.07) is 5.50. The van der Waals surface area contributed by atoms with E-state index in [4.69, 9.17) is 21.3 Å². The lowest BCUT2D eigenvalue weighted by molar-refractivity contribution is -0.114.